The third-order valence-corrected chi connectivity index (χ3v) is 2.32. The Hall–Kier alpha value is -3.02. The minimum Gasteiger partial charge on any atom is -0.478 e. The monoisotopic (exact) mass is 274 g/mol. The minimum atomic E-state index is -0.931. The number of hydrogen-bond acceptors (Lipinski definition) is 4. The molecule has 0 atom stereocenters. The summed E-state index contributed by atoms with van der Waals surface area (Å²) in [5, 5.41) is 16.9. The summed E-state index contributed by atoms with van der Waals surface area (Å²) < 4.78 is 0. The molecule has 6 N–H and O–H groups in total. The zero-order valence-corrected chi connectivity index (χ0v) is 10.5. The molecule has 6 heteroatoms. The minimum absolute atomic E-state index is 0.259. The molecule has 0 aliphatic carbocycles. The second kappa shape index (κ2) is 6.79. The maximum atomic E-state index is 10.3. The van der Waals surface area contributed by atoms with Crippen molar-refractivity contribution in [2.45, 2.75) is 0 Å². The lowest BCUT2D eigenvalue weighted by Crippen LogP contribution is -1.95. The van der Waals surface area contributed by atoms with Crippen molar-refractivity contribution >= 4 is 23.3 Å². The van der Waals surface area contributed by atoms with Crippen LogP contribution in [0.3, 0.4) is 0 Å². The number of carbonyl (C=O) groups is 2. The summed E-state index contributed by atoms with van der Waals surface area (Å²) in [6, 6.07) is 12.1. The molecule has 2 aromatic rings. The van der Waals surface area contributed by atoms with Gasteiger partial charge in [-0.15, -0.1) is 0 Å². The SMILES string of the molecule is Nc1ccc(C(=O)O)cc1.Nc1ccc(C(=O)O)cc1. The molecule has 0 aliphatic heterocycles. The van der Waals surface area contributed by atoms with E-state index < -0.39 is 11.9 Å². The smallest absolute Gasteiger partial charge is 0.335 e. The zero-order chi connectivity index (χ0) is 15.1. The van der Waals surface area contributed by atoms with Crippen LogP contribution in [-0.4, -0.2) is 22.2 Å². The van der Waals surface area contributed by atoms with Crippen molar-refractivity contribution in [1.82, 2.24) is 0 Å². The highest BCUT2D eigenvalue weighted by atomic mass is 16.4. The van der Waals surface area contributed by atoms with E-state index >= 15 is 0 Å². The normalized spacial score (nSPS) is 9.20. The number of benzene rings is 2. The molecule has 6 nitrogen and oxygen atoms in total. The van der Waals surface area contributed by atoms with Gasteiger partial charge >= 0.3 is 11.9 Å². The van der Waals surface area contributed by atoms with Gasteiger partial charge in [0.1, 0.15) is 0 Å². The molecule has 0 radical (unpaired) electrons. The highest BCUT2D eigenvalue weighted by Gasteiger charge is 1.99. The molecule has 0 spiro atoms. The van der Waals surface area contributed by atoms with Gasteiger partial charge in [0.2, 0.25) is 0 Å². The van der Waals surface area contributed by atoms with Crippen molar-refractivity contribution < 1.29 is 19.8 Å². The number of aromatic carboxylic acids is 2. The Kier molecular flexibility index (Phi) is 5.11. The predicted octanol–water partition coefficient (Wildman–Crippen LogP) is 1.93. The average Bonchev–Trinajstić information content (AvgIpc) is 2.40. The molecule has 2 aromatic carbocycles. The van der Waals surface area contributed by atoms with E-state index in [1.165, 1.54) is 24.3 Å². The number of nitrogens with two attached hydrogens (primary N) is 2. The fourth-order valence-electron chi connectivity index (χ4n) is 1.25. The van der Waals surface area contributed by atoms with Crippen LogP contribution < -0.4 is 11.5 Å². The molecule has 0 bridgehead atoms. The topological polar surface area (TPSA) is 127 Å². The molecule has 0 unspecified atom stereocenters. The summed E-state index contributed by atoms with van der Waals surface area (Å²) >= 11 is 0. The first kappa shape index (κ1) is 15.0. The van der Waals surface area contributed by atoms with Crippen LogP contribution in [0, 0.1) is 0 Å². The lowest BCUT2D eigenvalue weighted by atomic mass is 10.2. The van der Waals surface area contributed by atoms with Crippen molar-refractivity contribution in [2.24, 2.45) is 0 Å². The Labute approximate surface area is 115 Å². The largest absolute Gasteiger partial charge is 0.478 e. The number of carboxylic acid groups (broad SMARTS) is 2. The molecule has 0 aromatic heterocycles. The quantitative estimate of drug-likeness (QED) is 0.620. The van der Waals surface area contributed by atoms with Gasteiger partial charge in [-0.1, -0.05) is 0 Å². The van der Waals surface area contributed by atoms with Gasteiger partial charge in [0.05, 0.1) is 11.1 Å². The number of carboxylic acids is 2. The van der Waals surface area contributed by atoms with Gasteiger partial charge in [-0.2, -0.15) is 0 Å². The molecule has 2 rings (SSSR count). The number of nitrogen functional groups attached to an aromatic ring is 2. The van der Waals surface area contributed by atoms with Crippen LogP contribution in [0.4, 0.5) is 11.4 Å². The van der Waals surface area contributed by atoms with E-state index in [4.69, 9.17) is 21.7 Å². The van der Waals surface area contributed by atoms with Crippen LogP contribution in [0.5, 0.6) is 0 Å². The third-order valence-electron chi connectivity index (χ3n) is 2.32. The van der Waals surface area contributed by atoms with Crippen molar-refractivity contribution in [3.05, 3.63) is 59.7 Å². The Morgan fingerprint density at radius 1 is 0.650 bits per heavy atom. The molecule has 0 saturated carbocycles. The molecule has 0 fully saturated rings. The second-order valence-electron chi connectivity index (χ2n) is 3.85. The van der Waals surface area contributed by atoms with E-state index in [9.17, 15) is 9.59 Å². The van der Waals surface area contributed by atoms with Crippen LogP contribution in [0.25, 0.3) is 0 Å². The van der Waals surface area contributed by atoms with E-state index in [0.717, 1.165) is 0 Å². The lowest BCUT2D eigenvalue weighted by molar-refractivity contribution is 0.0686. The van der Waals surface area contributed by atoms with Gasteiger partial charge in [-0.05, 0) is 48.5 Å². The first-order valence-electron chi connectivity index (χ1n) is 5.58. The van der Waals surface area contributed by atoms with Crippen LogP contribution in [0.2, 0.25) is 0 Å². The van der Waals surface area contributed by atoms with Crippen molar-refractivity contribution in [3.8, 4) is 0 Å². The average molecular weight is 274 g/mol. The van der Waals surface area contributed by atoms with Crippen LogP contribution in [-0.2, 0) is 0 Å². The Balaban J connectivity index is 0.000000200. The molecule has 0 heterocycles. The maximum Gasteiger partial charge on any atom is 0.335 e. The summed E-state index contributed by atoms with van der Waals surface area (Å²) in [4.78, 5) is 20.5. The summed E-state index contributed by atoms with van der Waals surface area (Å²) in [5.41, 5.74) is 12.3. The lowest BCUT2D eigenvalue weighted by Gasteiger charge is -1.93. The summed E-state index contributed by atoms with van der Waals surface area (Å²) in [6.07, 6.45) is 0. The fourth-order valence-corrected chi connectivity index (χ4v) is 1.25. The summed E-state index contributed by atoms with van der Waals surface area (Å²) in [5.74, 6) is -1.86. The van der Waals surface area contributed by atoms with Gasteiger partial charge in [0.15, 0.2) is 0 Å². The fraction of sp³-hybridized carbons (Fsp3) is 0. The number of hydrogen-bond donors (Lipinski definition) is 4. The first-order valence-corrected chi connectivity index (χ1v) is 5.58. The Bertz CT molecular complexity index is 536. The molecule has 20 heavy (non-hydrogen) atoms. The van der Waals surface area contributed by atoms with E-state index in [1.807, 2.05) is 0 Å². The molecule has 0 aliphatic rings. The van der Waals surface area contributed by atoms with Crippen LogP contribution >= 0.6 is 0 Å². The standard InChI is InChI=1S/2C7H7NO2/c2*8-6-3-1-5(2-4-6)7(9)10/h2*1-4H,8H2,(H,9,10). The molecule has 0 amide bonds. The molecule has 104 valence electrons. The van der Waals surface area contributed by atoms with Gasteiger partial charge < -0.3 is 21.7 Å². The highest BCUT2D eigenvalue weighted by Crippen LogP contribution is 2.05. The van der Waals surface area contributed by atoms with Gasteiger partial charge in [0, 0.05) is 11.4 Å². The third kappa shape index (κ3) is 4.69. The number of rotatable bonds is 2. The molecule has 0 saturated heterocycles. The van der Waals surface area contributed by atoms with Crippen molar-refractivity contribution in [3.63, 3.8) is 0 Å². The van der Waals surface area contributed by atoms with E-state index in [-0.39, 0.29) is 11.1 Å². The van der Waals surface area contributed by atoms with Gasteiger partial charge in [-0.3, -0.25) is 0 Å². The van der Waals surface area contributed by atoms with Crippen LogP contribution in [0.15, 0.2) is 48.5 Å². The zero-order valence-electron chi connectivity index (χ0n) is 10.5. The van der Waals surface area contributed by atoms with Gasteiger partial charge in [-0.25, -0.2) is 9.59 Å². The molecular weight excluding hydrogens is 260 g/mol. The Morgan fingerprint density at radius 2 is 0.900 bits per heavy atom. The van der Waals surface area contributed by atoms with E-state index in [1.54, 1.807) is 24.3 Å². The summed E-state index contributed by atoms with van der Waals surface area (Å²) in [6.45, 7) is 0. The first-order chi connectivity index (χ1) is 9.40. The van der Waals surface area contributed by atoms with E-state index in [0.29, 0.717) is 11.4 Å². The second-order valence-corrected chi connectivity index (χ2v) is 3.85. The van der Waals surface area contributed by atoms with Crippen LogP contribution in [0.1, 0.15) is 20.7 Å². The van der Waals surface area contributed by atoms with Crippen molar-refractivity contribution in [2.75, 3.05) is 11.5 Å². The van der Waals surface area contributed by atoms with Crippen molar-refractivity contribution in [1.29, 1.82) is 0 Å². The summed E-state index contributed by atoms with van der Waals surface area (Å²) in [7, 11) is 0. The molecular formula is C14H14N2O4. The van der Waals surface area contributed by atoms with Gasteiger partial charge in [0.25, 0.3) is 0 Å². The highest BCUT2D eigenvalue weighted by molar-refractivity contribution is 5.88. The Morgan fingerprint density at radius 3 is 1.10 bits per heavy atom. The van der Waals surface area contributed by atoms with E-state index in [2.05, 4.69) is 0 Å². The predicted molar refractivity (Wildman–Crippen MR) is 75.6 cm³/mol. The number of anilines is 2. The maximum absolute atomic E-state index is 10.3.